The fourth-order valence-corrected chi connectivity index (χ4v) is 3.49. The number of rotatable bonds is 3. The second kappa shape index (κ2) is 6.79. The molecular weight excluding hydrogens is 422 g/mol. The number of ether oxygens (including phenoxy) is 1. The Bertz CT molecular complexity index is 1190. The van der Waals surface area contributed by atoms with E-state index in [-0.39, 0.29) is 21.7 Å². The number of fused-ring (bicyclic) bond motifs is 3. The minimum absolute atomic E-state index is 0.114. The van der Waals surface area contributed by atoms with Crippen LogP contribution in [0.4, 0.5) is 26.3 Å². The van der Waals surface area contributed by atoms with Gasteiger partial charge in [0.25, 0.3) is 0 Å². The first kappa shape index (κ1) is 19.3. The molecule has 0 amide bonds. The lowest BCUT2D eigenvalue weighted by Crippen LogP contribution is -2.16. The van der Waals surface area contributed by atoms with E-state index in [1.165, 1.54) is 18.2 Å². The number of hydrogen-bond donors (Lipinski definition) is 0. The van der Waals surface area contributed by atoms with Gasteiger partial charge in [-0.3, -0.25) is 4.40 Å². The lowest BCUT2D eigenvalue weighted by molar-refractivity contribution is -0.274. The third-order valence-electron chi connectivity index (χ3n) is 3.72. The van der Waals surface area contributed by atoms with Crippen molar-refractivity contribution in [3.05, 3.63) is 54.4 Å². The maximum Gasteiger partial charge on any atom is 0.573 e. The van der Waals surface area contributed by atoms with Crippen molar-refractivity contribution in [1.82, 2.24) is 19.6 Å². The van der Waals surface area contributed by atoms with Gasteiger partial charge in [-0.2, -0.15) is 13.2 Å². The zero-order chi connectivity index (χ0) is 20.8. The summed E-state index contributed by atoms with van der Waals surface area (Å²) < 4.78 is 81.5. The average Bonchev–Trinajstić information content (AvgIpc) is 3.08. The summed E-state index contributed by atoms with van der Waals surface area (Å²) in [6.07, 6.45) is -9.56. The first-order valence-corrected chi connectivity index (χ1v) is 8.68. The molecule has 0 aliphatic rings. The number of hydrogen-bond acceptors (Lipinski definition) is 5. The second-order valence-electron chi connectivity index (χ2n) is 5.71. The van der Waals surface area contributed by atoms with E-state index in [0.717, 1.165) is 28.3 Å². The van der Waals surface area contributed by atoms with Gasteiger partial charge >= 0.3 is 12.5 Å². The second-order valence-corrected chi connectivity index (χ2v) is 6.77. The van der Waals surface area contributed by atoms with E-state index < -0.39 is 24.1 Å². The highest BCUT2D eigenvalue weighted by molar-refractivity contribution is 7.99. The Labute approximate surface area is 162 Å². The topological polar surface area (TPSA) is 52.3 Å². The van der Waals surface area contributed by atoms with Gasteiger partial charge in [-0.15, -0.1) is 23.4 Å². The van der Waals surface area contributed by atoms with Gasteiger partial charge in [0.05, 0.1) is 11.0 Å². The van der Waals surface area contributed by atoms with E-state index >= 15 is 0 Å². The summed E-state index contributed by atoms with van der Waals surface area (Å²) in [5, 5.41) is 7.02. The highest BCUT2D eigenvalue weighted by atomic mass is 32.2. The normalized spacial score (nSPS) is 12.6. The predicted octanol–water partition coefficient (Wildman–Crippen LogP) is 5.35. The Hall–Kier alpha value is -3.02. The van der Waals surface area contributed by atoms with Gasteiger partial charge in [0.1, 0.15) is 10.8 Å². The van der Waals surface area contributed by atoms with Gasteiger partial charge < -0.3 is 4.74 Å². The molecule has 0 aliphatic heterocycles. The lowest BCUT2D eigenvalue weighted by Gasteiger charge is -2.10. The average molecular weight is 430 g/mol. The van der Waals surface area contributed by atoms with Crippen LogP contribution in [-0.4, -0.2) is 25.9 Å². The Morgan fingerprint density at radius 3 is 2.21 bits per heavy atom. The van der Waals surface area contributed by atoms with E-state index in [1.807, 2.05) is 0 Å². The molecule has 12 heteroatoms. The molecule has 0 fully saturated rings. The molecule has 0 atom stereocenters. The van der Waals surface area contributed by atoms with Crippen molar-refractivity contribution in [2.24, 2.45) is 0 Å². The highest BCUT2D eigenvalue weighted by Crippen LogP contribution is 2.36. The minimum Gasteiger partial charge on any atom is -0.406 e. The smallest absolute Gasteiger partial charge is 0.406 e. The number of nitrogens with zero attached hydrogens (tertiary/aromatic N) is 4. The van der Waals surface area contributed by atoms with Crippen LogP contribution >= 0.6 is 11.8 Å². The van der Waals surface area contributed by atoms with Crippen LogP contribution in [0.5, 0.6) is 5.75 Å². The van der Waals surface area contributed by atoms with Crippen molar-refractivity contribution >= 4 is 28.4 Å². The van der Waals surface area contributed by atoms with E-state index in [0.29, 0.717) is 4.90 Å². The first-order valence-electron chi connectivity index (χ1n) is 7.86. The molecule has 4 aromatic rings. The third-order valence-corrected chi connectivity index (χ3v) is 4.70. The highest BCUT2D eigenvalue weighted by Gasteiger charge is 2.38. The quantitative estimate of drug-likeness (QED) is 0.411. The molecule has 2 aromatic heterocycles. The standard InChI is InChI=1S/C17H8F6N4OS/c18-16(19,20)15-26-25-13-14(24-11-3-1-2-4-12(11)27(13)15)29-10-7-5-9(6-8-10)28-17(21,22)23/h1-8H. The Kier molecular flexibility index (Phi) is 4.52. The van der Waals surface area contributed by atoms with Gasteiger partial charge in [0, 0.05) is 4.90 Å². The SMILES string of the molecule is FC(F)(F)Oc1ccc(Sc2nc3ccccc3n3c(C(F)(F)F)nnc23)cc1. The van der Waals surface area contributed by atoms with Crippen LogP contribution in [0.2, 0.25) is 0 Å². The van der Waals surface area contributed by atoms with Gasteiger partial charge in [-0.05, 0) is 36.4 Å². The lowest BCUT2D eigenvalue weighted by atomic mass is 10.3. The van der Waals surface area contributed by atoms with Crippen LogP contribution in [0.15, 0.2) is 58.5 Å². The molecule has 0 unspecified atom stereocenters. The van der Waals surface area contributed by atoms with Gasteiger partial charge in [-0.1, -0.05) is 23.9 Å². The molecule has 0 bridgehead atoms. The summed E-state index contributed by atoms with van der Waals surface area (Å²) in [6.45, 7) is 0. The van der Waals surface area contributed by atoms with Crippen LogP contribution in [0.3, 0.4) is 0 Å². The monoisotopic (exact) mass is 430 g/mol. The largest absolute Gasteiger partial charge is 0.573 e. The first-order chi connectivity index (χ1) is 13.6. The van der Waals surface area contributed by atoms with E-state index in [1.54, 1.807) is 18.2 Å². The number of aromatic nitrogens is 4. The maximum absolute atomic E-state index is 13.4. The molecule has 0 aliphatic carbocycles. The summed E-state index contributed by atoms with van der Waals surface area (Å²) in [6, 6.07) is 11.1. The van der Waals surface area contributed by atoms with Crippen molar-refractivity contribution in [3.63, 3.8) is 0 Å². The number of para-hydroxylation sites is 2. The van der Waals surface area contributed by atoms with Crippen molar-refractivity contribution in [2.75, 3.05) is 0 Å². The molecule has 2 aromatic carbocycles. The van der Waals surface area contributed by atoms with Gasteiger partial charge in [0.2, 0.25) is 5.82 Å². The summed E-state index contributed by atoms with van der Waals surface area (Å²) in [4.78, 5) is 4.77. The number of alkyl halides is 6. The molecule has 5 nitrogen and oxygen atoms in total. The van der Waals surface area contributed by atoms with E-state index in [4.69, 9.17) is 0 Å². The summed E-state index contributed by atoms with van der Waals surface area (Å²) >= 11 is 0.944. The predicted molar refractivity (Wildman–Crippen MR) is 90.5 cm³/mol. The summed E-state index contributed by atoms with van der Waals surface area (Å²) in [7, 11) is 0. The molecule has 2 heterocycles. The van der Waals surface area contributed by atoms with Crippen molar-refractivity contribution in [2.45, 2.75) is 22.5 Å². The van der Waals surface area contributed by atoms with Gasteiger partial charge in [0.15, 0.2) is 5.65 Å². The summed E-state index contributed by atoms with van der Waals surface area (Å²) in [5.74, 6) is -1.61. The van der Waals surface area contributed by atoms with Crippen molar-refractivity contribution in [1.29, 1.82) is 0 Å². The molecule has 29 heavy (non-hydrogen) atoms. The van der Waals surface area contributed by atoms with Crippen LogP contribution in [0.1, 0.15) is 5.82 Å². The Morgan fingerprint density at radius 1 is 0.862 bits per heavy atom. The molecule has 4 rings (SSSR count). The zero-order valence-electron chi connectivity index (χ0n) is 14.0. The van der Waals surface area contributed by atoms with Crippen LogP contribution in [0.25, 0.3) is 16.7 Å². The van der Waals surface area contributed by atoms with E-state index in [9.17, 15) is 26.3 Å². The molecular formula is C17H8F6N4OS. The van der Waals surface area contributed by atoms with E-state index in [2.05, 4.69) is 19.9 Å². The molecule has 0 saturated carbocycles. The van der Waals surface area contributed by atoms with Crippen molar-refractivity contribution < 1.29 is 31.1 Å². The van der Waals surface area contributed by atoms with Gasteiger partial charge in [-0.25, -0.2) is 4.98 Å². The number of benzene rings is 2. The molecule has 150 valence electrons. The molecule has 0 saturated heterocycles. The zero-order valence-corrected chi connectivity index (χ0v) is 14.8. The molecule has 0 radical (unpaired) electrons. The summed E-state index contributed by atoms with van der Waals surface area (Å²) in [5.41, 5.74) is 0.347. The van der Waals surface area contributed by atoms with Crippen LogP contribution in [-0.2, 0) is 6.18 Å². The maximum atomic E-state index is 13.4. The Balaban J connectivity index is 1.79. The minimum atomic E-state index is -4.82. The molecule has 0 N–H and O–H groups in total. The fraction of sp³-hybridized carbons (Fsp3) is 0.118. The number of halogens is 6. The third kappa shape index (κ3) is 3.92. The Morgan fingerprint density at radius 2 is 1.55 bits per heavy atom. The van der Waals surface area contributed by atoms with Crippen LogP contribution < -0.4 is 4.74 Å². The molecule has 0 spiro atoms. The van der Waals surface area contributed by atoms with Crippen molar-refractivity contribution in [3.8, 4) is 5.75 Å². The van der Waals surface area contributed by atoms with Crippen LogP contribution in [0, 0.1) is 0 Å². The fourth-order valence-electron chi connectivity index (χ4n) is 2.63.